The maximum absolute atomic E-state index is 12.1. The van der Waals surface area contributed by atoms with Gasteiger partial charge in [-0.15, -0.1) is 0 Å². The fourth-order valence-corrected chi connectivity index (χ4v) is 3.22. The van der Waals surface area contributed by atoms with Gasteiger partial charge in [0, 0.05) is 24.5 Å². The lowest BCUT2D eigenvalue weighted by Gasteiger charge is -2.37. The standard InChI is InChI=1S/C13H11ClN4O3S/c14-9-12(17-10(19)8-3-5-18(8)13(20)21)22-11(16-9)7-2-1-4-15-6-7/h1-2,4,6,8H,3,5H2,(H,17,19)(H,20,21). The average molecular weight is 339 g/mol. The lowest BCUT2D eigenvalue weighted by Crippen LogP contribution is -2.56. The Morgan fingerprint density at radius 1 is 1.50 bits per heavy atom. The smallest absolute Gasteiger partial charge is 0.407 e. The van der Waals surface area contributed by atoms with Crippen molar-refractivity contribution in [3.05, 3.63) is 29.7 Å². The van der Waals surface area contributed by atoms with Gasteiger partial charge in [0.1, 0.15) is 16.1 Å². The molecule has 0 radical (unpaired) electrons. The van der Waals surface area contributed by atoms with E-state index in [0.717, 1.165) is 10.5 Å². The number of rotatable bonds is 3. The number of aromatic nitrogens is 2. The number of pyridine rings is 1. The van der Waals surface area contributed by atoms with Crippen molar-refractivity contribution in [3.8, 4) is 10.6 Å². The van der Waals surface area contributed by atoms with Crippen LogP contribution in [0.4, 0.5) is 9.80 Å². The number of hydrogen-bond acceptors (Lipinski definition) is 5. The SMILES string of the molecule is O=C(Nc1sc(-c2cccnc2)nc1Cl)C1CCN1C(=O)O. The maximum Gasteiger partial charge on any atom is 0.407 e. The number of carbonyl (C=O) groups excluding carboxylic acids is 1. The molecule has 1 unspecified atom stereocenters. The molecule has 1 atom stereocenters. The molecule has 2 aromatic heterocycles. The van der Waals surface area contributed by atoms with E-state index in [9.17, 15) is 9.59 Å². The van der Waals surface area contributed by atoms with E-state index in [4.69, 9.17) is 16.7 Å². The van der Waals surface area contributed by atoms with Gasteiger partial charge in [0.15, 0.2) is 5.15 Å². The molecule has 1 fully saturated rings. The third-order valence-electron chi connectivity index (χ3n) is 3.30. The molecule has 7 nitrogen and oxygen atoms in total. The van der Waals surface area contributed by atoms with Gasteiger partial charge in [0.25, 0.3) is 0 Å². The van der Waals surface area contributed by atoms with Crippen LogP contribution in [0.2, 0.25) is 5.15 Å². The van der Waals surface area contributed by atoms with Crippen LogP contribution in [0.1, 0.15) is 6.42 Å². The Kier molecular flexibility index (Phi) is 3.95. The number of nitrogens with zero attached hydrogens (tertiary/aromatic N) is 3. The van der Waals surface area contributed by atoms with Crippen molar-refractivity contribution >= 4 is 39.9 Å². The first-order chi connectivity index (χ1) is 10.6. The third kappa shape index (κ3) is 2.75. The van der Waals surface area contributed by atoms with E-state index in [1.165, 1.54) is 11.3 Å². The summed E-state index contributed by atoms with van der Waals surface area (Å²) in [6, 6.07) is 2.95. The molecule has 3 heterocycles. The van der Waals surface area contributed by atoms with Crippen molar-refractivity contribution in [3.63, 3.8) is 0 Å². The first-order valence-electron chi connectivity index (χ1n) is 6.43. The lowest BCUT2D eigenvalue weighted by atomic mass is 10.0. The highest BCUT2D eigenvalue weighted by atomic mass is 35.5. The third-order valence-corrected chi connectivity index (χ3v) is 4.70. The second kappa shape index (κ2) is 5.90. The Balaban J connectivity index is 1.75. The quantitative estimate of drug-likeness (QED) is 0.896. The van der Waals surface area contributed by atoms with Crippen LogP contribution in [-0.2, 0) is 4.79 Å². The number of carboxylic acid groups (broad SMARTS) is 1. The number of amides is 2. The van der Waals surface area contributed by atoms with Gasteiger partial charge < -0.3 is 10.4 Å². The van der Waals surface area contributed by atoms with Crippen molar-refractivity contribution in [2.75, 3.05) is 11.9 Å². The van der Waals surface area contributed by atoms with E-state index >= 15 is 0 Å². The van der Waals surface area contributed by atoms with E-state index in [0.29, 0.717) is 23.0 Å². The Morgan fingerprint density at radius 2 is 2.32 bits per heavy atom. The van der Waals surface area contributed by atoms with Crippen LogP contribution in [0.15, 0.2) is 24.5 Å². The topological polar surface area (TPSA) is 95.4 Å². The monoisotopic (exact) mass is 338 g/mol. The van der Waals surface area contributed by atoms with Crippen LogP contribution in [0.3, 0.4) is 0 Å². The van der Waals surface area contributed by atoms with Gasteiger partial charge in [0.2, 0.25) is 5.91 Å². The zero-order valence-corrected chi connectivity index (χ0v) is 12.8. The van der Waals surface area contributed by atoms with Crippen LogP contribution in [-0.4, -0.2) is 44.6 Å². The zero-order valence-electron chi connectivity index (χ0n) is 11.2. The van der Waals surface area contributed by atoms with E-state index < -0.39 is 18.0 Å². The lowest BCUT2D eigenvalue weighted by molar-refractivity contribution is -0.124. The molecule has 114 valence electrons. The van der Waals surface area contributed by atoms with E-state index in [1.54, 1.807) is 18.5 Å². The molecule has 2 amide bonds. The summed E-state index contributed by atoms with van der Waals surface area (Å²) in [6.45, 7) is 0.366. The highest BCUT2D eigenvalue weighted by Crippen LogP contribution is 2.35. The average Bonchev–Trinajstić information content (AvgIpc) is 2.79. The highest BCUT2D eigenvalue weighted by molar-refractivity contribution is 7.19. The summed E-state index contributed by atoms with van der Waals surface area (Å²) in [7, 11) is 0. The summed E-state index contributed by atoms with van der Waals surface area (Å²) in [5, 5.41) is 12.8. The molecule has 0 saturated carbocycles. The van der Waals surface area contributed by atoms with Gasteiger partial charge in [-0.05, 0) is 18.6 Å². The molecule has 22 heavy (non-hydrogen) atoms. The summed E-state index contributed by atoms with van der Waals surface area (Å²) < 4.78 is 0. The number of halogens is 1. The number of carbonyl (C=O) groups is 2. The Bertz CT molecular complexity index is 721. The van der Waals surface area contributed by atoms with Gasteiger partial charge in [-0.25, -0.2) is 9.78 Å². The largest absolute Gasteiger partial charge is 0.465 e. The first-order valence-corrected chi connectivity index (χ1v) is 7.63. The summed E-state index contributed by atoms with van der Waals surface area (Å²) in [4.78, 5) is 32.3. The predicted molar refractivity (Wildman–Crippen MR) is 82.1 cm³/mol. The van der Waals surface area contributed by atoms with Crippen molar-refractivity contribution in [2.45, 2.75) is 12.5 Å². The molecule has 3 rings (SSSR count). The molecule has 2 aromatic rings. The zero-order chi connectivity index (χ0) is 15.7. The fourth-order valence-electron chi connectivity index (χ4n) is 2.08. The molecule has 0 spiro atoms. The Hall–Kier alpha value is -2.19. The number of nitrogens with one attached hydrogen (secondary N) is 1. The normalized spacial score (nSPS) is 17.0. The second-order valence-corrected chi connectivity index (χ2v) is 6.01. The van der Waals surface area contributed by atoms with Gasteiger partial charge in [-0.1, -0.05) is 22.9 Å². The summed E-state index contributed by atoms with van der Waals surface area (Å²) in [5.74, 6) is -0.392. The minimum atomic E-state index is -1.10. The van der Waals surface area contributed by atoms with Crippen LogP contribution in [0.5, 0.6) is 0 Å². The first kappa shape index (κ1) is 14.7. The molecule has 1 saturated heterocycles. The molecular weight excluding hydrogens is 328 g/mol. The Labute approximate surface area is 134 Å². The van der Waals surface area contributed by atoms with Crippen LogP contribution in [0, 0.1) is 0 Å². The van der Waals surface area contributed by atoms with Crippen LogP contribution in [0.25, 0.3) is 10.6 Å². The number of thiazole rings is 1. The Morgan fingerprint density at radius 3 is 2.91 bits per heavy atom. The molecule has 9 heteroatoms. The van der Waals surface area contributed by atoms with Gasteiger partial charge >= 0.3 is 6.09 Å². The molecule has 0 aromatic carbocycles. The summed E-state index contributed by atoms with van der Waals surface area (Å²) >= 11 is 7.26. The van der Waals surface area contributed by atoms with E-state index in [1.807, 2.05) is 6.07 Å². The van der Waals surface area contributed by atoms with Gasteiger partial charge in [-0.2, -0.15) is 0 Å². The minimum absolute atomic E-state index is 0.179. The van der Waals surface area contributed by atoms with E-state index in [-0.39, 0.29) is 5.15 Å². The summed E-state index contributed by atoms with van der Waals surface area (Å²) in [5.41, 5.74) is 0.797. The molecular formula is C13H11ClN4O3S. The van der Waals surface area contributed by atoms with Crippen molar-refractivity contribution < 1.29 is 14.7 Å². The number of anilines is 1. The highest BCUT2D eigenvalue weighted by Gasteiger charge is 2.38. The number of likely N-dealkylation sites (tertiary alicyclic amines) is 1. The molecule has 1 aliphatic rings. The van der Waals surface area contributed by atoms with Crippen molar-refractivity contribution in [1.29, 1.82) is 0 Å². The molecule has 0 bridgehead atoms. The summed E-state index contributed by atoms with van der Waals surface area (Å²) in [6.07, 6.45) is 2.71. The predicted octanol–water partition coefficient (Wildman–Crippen LogP) is 2.55. The molecule has 1 aliphatic heterocycles. The van der Waals surface area contributed by atoms with Crippen LogP contribution < -0.4 is 5.32 Å². The molecule has 0 aliphatic carbocycles. The minimum Gasteiger partial charge on any atom is -0.465 e. The van der Waals surface area contributed by atoms with E-state index in [2.05, 4.69) is 15.3 Å². The second-order valence-electron chi connectivity index (χ2n) is 4.65. The van der Waals surface area contributed by atoms with Crippen molar-refractivity contribution in [1.82, 2.24) is 14.9 Å². The van der Waals surface area contributed by atoms with Gasteiger partial charge in [0.05, 0.1) is 0 Å². The maximum atomic E-state index is 12.1. The van der Waals surface area contributed by atoms with Gasteiger partial charge in [-0.3, -0.25) is 14.7 Å². The van der Waals surface area contributed by atoms with Crippen LogP contribution >= 0.6 is 22.9 Å². The van der Waals surface area contributed by atoms with Crippen molar-refractivity contribution in [2.24, 2.45) is 0 Å². The molecule has 2 N–H and O–H groups in total. The fraction of sp³-hybridized carbons (Fsp3) is 0.231. The number of hydrogen-bond donors (Lipinski definition) is 2.